The van der Waals surface area contributed by atoms with Crippen LogP contribution in [0, 0.1) is 0 Å². The second-order valence-corrected chi connectivity index (χ2v) is 3.14. The second kappa shape index (κ2) is 3.88. The summed E-state index contributed by atoms with van der Waals surface area (Å²) in [5, 5.41) is 0. The lowest BCUT2D eigenvalue weighted by Crippen LogP contribution is -2.15. The van der Waals surface area contributed by atoms with Crippen molar-refractivity contribution in [3.8, 4) is 0 Å². The topological polar surface area (TPSA) is 33.2 Å². The van der Waals surface area contributed by atoms with E-state index in [4.69, 9.17) is 0 Å². The Morgan fingerprint density at radius 2 is 2.00 bits per heavy atom. The first kappa shape index (κ1) is 11.5. The van der Waals surface area contributed by atoms with Crippen molar-refractivity contribution >= 4 is 12.0 Å². The molecule has 0 aliphatic rings. The van der Waals surface area contributed by atoms with Crippen LogP contribution >= 0.6 is 0 Å². The van der Waals surface area contributed by atoms with Crippen molar-refractivity contribution < 1.29 is 18.0 Å². The molecule has 0 fully saturated rings. The molecule has 1 aromatic rings. The summed E-state index contributed by atoms with van der Waals surface area (Å²) in [6.07, 6.45) is -3.10. The predicted molar refractivity (Wildman–Crippen MR) is 49.0 cm³/mol. The molecule has 6 heteroatoms. The lowest BCUT2D eigenvalue weighted by molar-refractivity contribution is -0.141. The quantitative estimate of drug-likeness (QED) is 0.711. The molecule has 0 radical (unpaired) electrons. The molecule has 0 N–H and O–H groups in total. The minimum atomic E-state index is -4.49. The molecule has 1 rings (SSSR count). The Morgan fingerprint density at radius 3 is 2.40 bits per heavy atom. The molecular weight excluding hydrogens is 209 g/mol. The van der Waals surface area contributed by atoms with Crippen molar-refractivity contribution in [3.63, 3.8) is 0 Å². The van der Waals surface area contributed by atoms with E-state index in [0.717, 1.165) is 12.3 Å². The number of aldehydes is 1. The van der Waals surface area contributed by atoms with Gasteiger partial charge in [0.25, 0.3) is 0 Å². The van der Waals surface area contributed by atoms with Crippen LogP contribution in [0.1, 0.15) is 16.1 Å². The highest BCUT2D eigenvalue weighted by Gasteiger charge is 2.33. The molecular formula is C9H9F3N2O. The van der Waals surface area contributed by atoms with Gasteiger partial charge in [0.05, 0.1) is 11.3 Å². The third-order valence-corrected chi connectivity index (χ3v) is 1.81. The fourth-order valence-electron chi connectivity index (χ4n) is 1.09. The van der Waals surface area contributed by atoms with E-state index in [-0.39, 0.29) is 11.3 Å². The summed E-state index contributed by atoms with van der Waals surface area (Å²) in [6, 6.07) is 0.851. The molecule has 0 aromatic carbocycles. The zero-order chi connectivity index (χ0) is 11.6. The molecule has 0 unspecified atom stereocenters. The second-order valence-electron chi connectivity index (χ2n) is 3.14. The number of carbonyl (C=O) groups excluding carboxylic acids is 1. The summed E-state index contributed by atoms with van der Waals surface area (Å²) >= 11 is 0. The molecule has 3 nitrogen and oxygen atoms in total. The maximum atomic E-state index is 12.3. The Balaban J connectivity index is 3.28. The molecule has 82 valence electrons. The molecule has 0 bridgehead atoms. The van der Waals surface area contributed by atoms with Gasteiger partial charge in [-0.25, -0.2) is 0 Å². The van der Waals surface area contributed by atoms with Crippen molar-refractivity contribution in [2.75, 3.05) is 19.0 Å². The van der Waals surface area contributed by atoms with Crippen LogP contribution in [-0.4, -0.2) is 25.4 Å². The van der Waals surface area contributed by atoms with Gasteiger partial charge in [-0.3, -0.25) is 9.78 Å². The number of rotatable bonds is 2. The molecule has 1 heterocycles. The van der Waals surface area contributed by atoms with Crippen molar-refractivity contribution in [2.45, 2.75) is 6.18 Å². The average molecular weight is 218 g/mol. The van der Waals surface area contributed by atoms with Crippen LogP contribution in [-0.2, 0) is 6.18 Å². The number of hydrogen-bond donors (Lipinski definition) is 0. The monoisotopic (exact) mass is 218 g/mol. The normalized spacial score (nSPS) is 11.3. The summed E-state index contributed by atoms with van der Waals surface area (Å²) in [5.41, 5.74) is -0.669. The summed E-state index contributed by atoms with van der Waals surface area (Å²) in [5.74, 6) is 0. The third kappa shape index (κ3) is 2.45. The zero-order valence-electron chi connectivity index (χ0n) is 8.17. The molecule has 0 saturated carbocycles. The highest BCUT2D eigenvalue weighted by Crippen LogP contribution is 2.30. The number of pyridine rings is 1. The largest absolute Gasteiger partial charge is 0.433 e. The van der Waals surface area contributed by atoms with Gasteiger partial charge >= 0.3 is 6.18 Å². The SMILES string of the molecule is CN(C)c1cc(C(F)(F)F)ncc1C=O. The third-order valence-electron chi connectivity index (χ3n) is 1.81. The number of alkyl halides is 3. The summed E-state index contributed by atoms with van der Waals surface area (Å²) in [6.45, 7) is 0. The lowest BCUT2D eigenvalue weighted by atomic mass is 10.2. The van der Waals surface area contributed by atoms with Gasteiger partial charge in [0.15, 0.2) is 6.29 Å². The first-order chi connectivity index (χ1) is 6.86. The maximum absolute atomic E-state index is 12.3. The van der Waals surface area contributed by atoms with Crippen molar-refractivity contribution in [2.24, 2.45) is 0 Å². The van der Waals surface area contributed by atoms with E-state index in [1.807, 2.05) is 0 Å². The van der Waals surface area contributed by atoms with E-state index in [9.17, 15) is 18.0 Å². The molecule has 0 amide bonds. The van der Waals surface area contributed by atoms with Gasteiger partial charge in [0.2, 0.25) is 0 Å². The summed E-state index contributed by atoms with van der Waals surface area (Å²) < 4.78 is 36.9. The average Bonchev–Trinajstić information content (AvgIpc) is 2.15. The van der Waals surface area contributed by atoms with Gasteiger partial charge in [-0.2, -0.15) is 13.2 Å². The smallest absolute Gasteiger partial charge is 0.377 e. The Hall–Kier alpha value is -1.59. The molecule has 0 aliphatic heterocycles. The Labute approximate surface area is 84.5 Å². The molecule has 15 heavy (non-hydrogen) atoms. The van der Waals surface area contributed by atoms with E-state index in [2.05, 4.69) is 4.98 Å². The van der Waals surface area contributed by atoms with Gasteiger partial charge in [-0.1, -0.05) is 0 Å². The van der Waals surface area contributed by atoms with E-state index in [1.54, 1.807) is 14.1 Å². The molecule has 0 spiro atoms. The number of anilines is 1. The standard InChI is InChI=1S/C9H9F3N2O/c1-14(2)7-3-8(9(10,11)12)13-4-6(7)5-15/h3-5H,1-2H3. The number of halogens is 3. The summed E-state index contributed by atoms with van der Waals surface area (Å²) in [4.78, 5) is 15.2. The van der Waals surface area contributed by atoms with E-state index < -0.39 is 11.9 Å². The Bertz CT molecular complexity index is 374. The van der Waals surface area contributed by atoms with Crippen LogP contribution in [0.2, 0.25) is 0 Å². The van der Waals surface area contributed by atoms with Crippen LogP contribution in [0.15, 0.2) is 12.3 Å². The van der Waals surface area contributed by atoms with Crippen LogP contribution < -0.4 is 4.90 Å². The molecule has 1 aromatic heterocycles. The summed E-state index contributed by atoms with van der Waals surface area (Å²) in [7, 11) is 3.12. The van der Waals surface area contributed by atoms with Gasteiger partial charge < -0.3 is 4.90 Å². The number of aromatic nitrogens is 1. The van der Waals surface area contributed by atoms with Gasteiger partial charge in [-0.15, -0.1) is 0 Å². The highest BCUT2D eigenvalue weighted by atomic mass is 19.4. The maximum Gasteiger partial charge on any atom is 0.433 e. The number of hydrogen-bond acceptors (Lipinski definition) is 3. The minimum absolute atomic E-state index is 0.132. The molecule has 0 saturated heterocycles. The van der Waals surface area contributed by atoms with Crippen LogP contribution in [0.4, 0.5) is 18.9 Å². The Morgan fingerprint density at radius 1 is 1.40 bits per heavy atom. The number of carbonyl (C=O) groups is 1. The van der Waals surface area contributed by atoms with E-state index in [0.29, 0.717) is 6.29 Å². The van der Waals surface area contributed by atoms with Gasteiger partial charge in [0.1, 0.15) is 5.69 Å². The van der Waals surface area contributed by atoms with Crippen LogP contribution in [0.3, 0.4) is 0 Å². The predicted octanol–water partition coefficient (Wildman–Crippen LogP) is 1.98. The first-order valence-electron chi connectivity index (χ1n) is 4.06. The van der Waals surface area contributed by atoms with Gasteiger partial charge in [0, 0.05) is 20.3 Å². The van der Waals surface area contributed by atoms with Crippen LogP contribution in [0.5, 0.6) is 0 Å². The lowest BCUT2D eigenvalue weighted by Gasteiger charge is -2.16. The van der Waals surface area contributed by atoms with Crippen LogP contribution in [0.25, 0.3) is 0 Å². The van der Waals surface area contributed by atoms with Crippen molar-refractivity contribution in [1.29, 1.82) is 0 Å². The Kier molecular flexibility index (Phi) is 2.97. The minimum Gasteiger partial charge on any atom is -0.377 e. The highest BCUT2D eigenvalue weighted by molar-refractivity contribution is 5.84. The fourth-order valence-corrected chi connectivity index (χ4v) is 1.09. The van der Waals surface area contributed by atoms with E-state index >= 15 is 0 Å². The fraction of sp³-hybridized carbons (Fsp3) is 0.333. The first-order valence-corrected chi connectivity index (χ1v) is 4.06. The number of nitrogens with zero attached hydrogens (tertiary/aromatic N) is 2. The molecule has 0 aliphatic carbocycles. The zero-order valence-corrected chi connectivity index (χ0v) is 8.17. The van der Waals surface area contributed by atoms with Crippen molar-refractivity contribution in [1.82, 2.24) is 4.98 Å². The van der Waals surface area contributed by atoms with Gasteiger partial charge in [-0.05, 0) is 6.07 Å². The molecule has 0 atom stereocenters. The van der Waals surface area contributed by atoms with Crippen molar-refractivity contribution in [3.05, 3.63) is 23.5 Å². The van der Waals surface area contributed by atoms with E-state index in [1.165, 1.54) is 4.90 Å².